The lowest BCUT2D eigenvalue weighted by atomic mass is 9.97. The van der Waals surface area contributed by atoms with Crippen LogP contribution in [0, 0.1) is 16.0 Å². The Bertz CT molecular complexity index is 550. The van der Waals surface area contributed by atoms with Crippen molar-refractivity contribution in [1.29, 1.82) is 0 Å². The van der Waals surface area contributed by atoms with Crippen LogP contribution in [0.15, 0.2) is 6.20 Å². The SMILES string of the molecule is CCNc1ncc([N+](=O)[O-])c(N2CCCC(C(N)=O)C2)n1. The van der Waals surface area contributed by atoms with Gasteiger partial charge in [-0.3, -0.25) is 14.9 Å². The van der Waals surface area contributed by atoms with E-state index in [-0.39, 0.29) is 23.3 Å². The first kappa shape index (κ1) is 14.9. The lowest BCUT2D eigenvalue weighted by molar-refractivity contribution is -0.384. The number of aromatic nitrogens is 2. The summed E-state index contributed by atoms with van der Waals surface area (Å²) in [5, 5.41) is 14.1. The molecule has 0 saturated carbocycles. The minimum atomic E-state index is -0.515. The van der Waals surface area contributed by atoms with Crippen LogP contribution in [-0.2, 0) is 4.79 Å². The van der Waals surface area contributed by atoms with Gasteiger partial charge in [-0.25, -0.2) is 4.98 Å². The number of carbonyl (C=O) groups is 1. The fourth-order valence-electron chi connectivity index (χ4n) is 2.37. The van der Waals surface area contributed by atoms with Crippen molar-refractivity contribution < 1.29 is 9.72 Å². The van der Waals surface area contributed by atoms with Gasteiger partial charge in [0, 0.05) is 19.6 Å². The van der Waals surface area contributed by atoms with Crippen LogP contribution in [0.4, 0.5) is 17.5 Å². The summed E-state index contributed by atoms with van der Waals surface area (Å²) in [7, 11) is 0. The molecule has 1 aliphatic rings. The minimum absolute atomic E-state index is 0.165. The van der Waals surface area contributed by atoms with Crippen LogP contribution in [0.25, 0.3) is 0 Å². The molecular weight excluding hydrogens is 276 g/mol. The molecule has 2 rings (SSSR count). The zero-order valence-electron chi connectivity index (χ0n) is 11.8. The van der Waals surface area contributed by atoms with Gasteiger partial charge in [-0.05, 0) is 19.8 Å². The van der Waals surface area contributed by atoms with E-state index in [1.54, 1.807) is 4.90 Å². The Kier molecular flexibility index (Phi) is 4.51. The van der Waals surface area contributed by atoms with Crippen molar-refractivity contribution in [2.45, 2.75) is 19.8 Å². The van der Waals surface area contributed by atoms with Gasteiger partial charge in [-0.15, -0.1) is 0 Å². The first-order valence-corrected chi connectivity index (χ1v) is 6.82. The first-order chi connectivity index (χ1) is 10.0. The summed E-state index contributed by atoms with van der Waals surface area (Å²) >= 11 is 0. The molecule has 0 radical (unpaired) electrons. The fraction of sp³-hybridized carbons (Fsp3) is 0.583. The highest BCUT2D eigenvalue weighted by molar-refractivity contribution is 5.77. The van der Waals surface area contributed by atoms with Crippen LogP contribution in [-0.4, -0.2) is 40.4 Å². The van der Waals surface area contributed by atoms with E-state index in [2.05, 4.69) is 15.3 Å². The zero-order valence-corrected chi connectivity index (χ0v) is 11.8. The number of nitrogens with one attached hydrogen (secondary N) is 1. The molecular formula is C12H18N6O3. The largest absolute Gasteiger partial charge is 0.369 e. The van der Waals surface area contributed by atoms with E-state index < -0.39 is 4.92 Å². The molecule has 1 unspecified atom stereocenters. The van der Waals surface area contributed by atoms with E-state index >= 15 is 0 Å². The summed E-state index contributed by atoms with van der Waals surface area (Å²) in [6.45, 7) is 3.45. The van der Waals surface area contributed by atoms with Crippen molar-refractivity contribution >= 4 is 23.4 Å². The number of nitro groups is 1. The predicted molar refractivity (Wildman–Crippen MR) is 77.0 cm³/mol. The number of nitrogens with zero attached hydrogens (tertiary/aromatic N) is 4. The number of carbonyl (C=O) groups excluding carboxylic acids is 1. The van der Waals surface area contributed by atoms with Gasteiger partial charge in [-0.1, -0.05) is 0 Å². The predicted octanol–water partition coefficient (Wildman–Crippen LogP) is 0.518. The Morgan fingerprint density at radius 3 is 3.05 bits per heavy atom. The van der Waals surface area contributed by atoms with E-state index in [1.165, 1.54) is 6.20 Å². The summed E-state index contributed by atoms with van der Waals surface area (Å²) in [6, 6.07) is 0. The molecule has 1 aliphatic heterocycles. The average molecular weight is 294 g/mol. The Morgan fingerprint density at radius 1 is 1.67 bits per heavy atom. The highest BCUT2D eigenvalue weighted by Crippen LogP contribution is 2.29. The molecule has 1 aromatic rings. The van der Waals surface area contributed by atoms with Crippen LogP contribution < -0.4 is 16.0 Å². The molecule has 1 atom stereocenters. The van der Waals surface area contributed by atoms with Gasteiger partial charge in [0.2, 0.25) is 17.7 Å². The lowest BCUT2D eigenvalue weighted by Gasteiger charge is -2.31. The molecule has 1 fully saturated rings. The monoisotopic (exact) mass is 294 g/mol. The molecule has 9 nitrogen and oxygen atoms in total. The van der Waals surface area contributed by atoms with Crippen LogP contribution >= 0.6 is 0 Å². The number of anilines is 2. The number of hydrogen-bond donors (Lipinski definition) is 2. The fourth-order valence-corrected chi connectivity index (χ4v) is 2.37. The molecule has 0 aromatic carbocycles. The maximum Gasteiger partial charge on any atom is 0.329 e. The van der Waals surface area contributed by atoms with Crippen LogP contribution in [0.2, 0.25) is 0 Å². The maximum absolute atomic E-state index is 11.3. The van der Waals surface area contributed by atoms with E-state index in [4.69, 9.17) is 5.73 Å². The second-order valence-corrected chi connectivity index (χ2v) is 4.88. The zero-order chi connectivity index (χ0) is 15.4. The van der Waals surface area contributed by atoms with Gasteiger partial charge < -0.3 is 16.0 Å². The highest BCUT2D eigenvalue weighted by atomic mass is 16.6. The summed E-state index contributed by atoms with van der Waals surface area (Å²) < 4.78 is 0. The molecule has 1 amide bonds. The van der Waals surface area contributed by atoms with Gasteiger partial charge in [0.15, 0.2) is 0 Å². The Balaban J connectivity index is 2.33. The summed E-state index contributed by atoms with van der Waals surface area (Å²) in [5.74, 6) is -0.129. The number of primary amides is 1. The van der Waals surface area contributed by atoms with Crippen molar-refractivity contribution in [1.82, 2.24) is 9.97 Å². The number of nitrogens with two attached hydrogens (primary N) is 1. The van der Waals surface area contributed by atoms with Crippen molar-refractivity contribution in [3.8, 4) is 0 Å². The van der Waals surface area contributed by atoms with E-state index in [0.717, 1.165) is 6.42 Å². The van der Waals surface area contributed by atoms with Crippen molar-refractivity contribution in [2.75, 3.05) is 29.9 Å². The van der Waals surface area contributed by atoms with E-state index in [9.17, 15) is 14.9 Å². The summed E-state index contributed by atoms with van der Waals surface area (Å²) in [6.07, 6.45) is 2.63. The van der Waals surface area contributed by atoms with Gasteiger partial charge in [0.25, 0.3) is 0 Å². The van der Waals surface area contributed by atoms with Crippen LogP contribution in [0.5, 0.6) is 0 Å². The van der Waals surface area contributed by atoms with Crippen molar-refractivity contribution in [3.05, 3.63) is 16.3 Å². The molecule has 114 valence electrons. The minimum Gasteiger partial charge on any atom is -0.369 e. The van der Waals surface area contributed by atoms with Crippen molar-refractivity contribution in [3.63, 3.8) is 0 Å². The third-order valence-electron chi connectivity index (χ3n) is 3.40. The average Bonchev–Trinajstić information content (AvgIpc) is 2.47. The third kappa shape index (κ3) is 3.36. The number of rotatable bonds is 5. The number of amides is 1. The standard InChI is InChI=1S/C12H18N6O3/c1-2-14-12-15-6-9(18(20)21)11(16-12)17-5-3-4-8(7-17)10(13)19/h6,8H,2-5,7H2,1H3,(H2,13,19)(H,14,15,16). The number of hydrogen-bond acceptors (Lipinski definition) is 7. The quantitative estimate of drug-likeness (QED) is 0.598. The second-order valence-electron chi connectivity index (χ2n) is 4.88. The summed E-state index contributed by atoms with van der Waals surface area (Å²) in [4.78, 5) is 31.8. The maximum atomic E-state index is 11.3. The van der Waals surface area contributed by atoms with Gasteiger partial charge in [0.05, 0.1) is 10.8 Å². The first-order valence-electron chi connectivity index (χ1n) is 6.82. The molecule has 2 heterocycles. The van der Waals surface area contributed by atoms with Crippen LogP contribution in [0.1, 0.15) is 19.8 Å². The number of piperidine rings is 1. The Labute approximate surface area is 121 Å². The third-order valence-corrected chi connectivity index (χ3v) is 3.40. The smallest absolute Gasteiger partial charge is 0.329 e. The molecule has 3 N–H and O–H groups in total. The second kappa shape index (κ2) is 6.33. The topological polar surface area (TPSA) is 127 Å². The van der Waals surface area contributed by atoms with Gasteiger partial charge in [-0.2, -0.15) is 4.98 Å². The lowest BCUT2D eigenvalue weighted by Crippen LogP contribution is -2.41. The molecule has 0 bridgehead atoms. The van der Waals surface area contributed by atoms with Crippen molar-refractivity contribution in [2.24, 2.45) is 11.7 Å². The molecule has 0 spiro atoms. The molecule has 1 aromatic heterocycles. The Morgan fingerprint density at radius 2 is 2.43 bits per heavy atom. The normalized spacial score (nSPS) is 18.3. The van der Waals surface area contributed by atoms with E-state index in [0.29, 0.717) is 32.0 Å². The Hall–Kier alpha value is -2.45. The molecule has 1 saturated heterocycles. The van der Waals surface area contributed by atoms with Gasteiger partial charge in [0.1, 0.15) is 6.20 Å². The molecule has 0 aliphatic carbocycles. The molecule has 21 heavy (non-hydrogen) atoms. The summed E-state index contributed by atoms with van der Waals surface area (Å²) in [5.41, 5.74) is 5.17. The van der Waals surface area contributed by atoms with Crippen LogP contribution in [0.3, 0.4) is 0 Å². The van der Waals surface area contributed by atoms with Gasteiger partial charge >= 0.3 is 5.69 Å². The highest BCUT2D eigenvalue weighted by Gasteiger charge is 2.29. The molecule has 9 heteroatoms. The van der Waals surface area contributed by atoms with E-state index in [1.807, 2.05) is 6.92 Å².